The zero-order valence-electron chi connectivity index (χ0n) is 17.4. The van der Waals surface area contributed by atoms with Gasteiger partial charge in [-0.2, -0.15) is 5.10 Å². The predicted molar refractivity (Wildman–Crippen MR) is 116 cm³/mol. The van der Waals surface area contributed by atoms with Crippen molar-refractivity contribution in [2.45, 2.75) is 18.9 Å². The first-order valence-corrected chi connectivity index (χ1v) is 10.3. The van der Waals surface area contributed by atoms with Crippen LogP contribution in [0.4, 0.5) is 0 Å². The van der Waals surface area contributed by atoms with Crippen LogP contribution in [0.1, 0.15) is 18.9 Å². The van der Waals surface area contributed by atoms with E-state index in [2.05, 4.69) is 20.2 Å². The van der Waals surface area contributed by atoms with Gasteiger partial charge in [0, 0.05) is 44.2 Å². The van der Waals surface area contributed by atoms with E-state index in [1.54, 1.807) is 21.9 Å². The smallest absolute Gasteiger partial charge is 0.329 e. The maximum absolute atomic E-state index is 13.0. The number of carbonyl (C=O) groups excluding carboxylic acids is 1. The molecule has 0 bridgehead atoms. The molecule has 4 aromatic heterocycles. The number of fused-ring (bicyclic) bond motifs is 3. The van der Waals surface area contributed by atoms with Crippen LogP contribution in [0.2, 0.25) is 0 Å². The third-order valence-corrected chi connectivity index (χ3v) is 5.86. The number of amides is 1. The number of hydrogen-bond donors (Lipinski definition) is 2. The Labute approximate surface area is 181 Å². The summed E-state index contributed by atoms with van der Waals surface area (Å²) in [5.41, 5.74) is 1.95. The van der Waals surface area contributed by atoms with Crippen molar-refractivity contribution in [3.05, 3.63) is 51.6 Å². The van der Waals surface area contributed by atoms with Crippen LogP contribution >= 0.6 is 0 Å². The Balaban J connectivity index is 1.65. The number of aromatic amines is 2. The number of methoxy groups -OCH3 is 1. The van der Waals surface area contributed by atoms with Gasteiger partial charge in [-0.05, 0) is 25.0 Å². The van der Waals surface area contributed by atoms with Crippen molar-refractivity contribution in [3.8, 4) is 11.3 Å². The second-order valence-corrected chi connectivity index (χ2v) is 7.75. The number of carbonyl (C=O) groups is 1. The number of H-pyrrole nitrogens is 2. The van der Waals surface area contributed by atoms with Crippen LogP contribution in [0.5, 0.6) is 0 Å². The molecule has 11 heteroatoms. The monoisotopic (exact) mass is 435 g/mol. The van der Waals surface area contributed by atoms with Crippen LogP contribution in [-0.2, 0) is 9.53 Å². The normalized spacial score (nSPS) is 15.0. The minimum atomic E-state index is -0.501. The molecule has 32 heavy (non-hydrogen) atoms. The van der Waals surface area contributed by atoms with E-state index < -0.39 is 11.2 Å². The number of hydrogen-bond acceptors (Lipinski definition) is 7. The molecule has 164 valence electrons. The molecule has 0 atom stereocenters. The van der Waals surface area contributed by atoms with Crippen molar-refractivity contribution < 1.29 is 9.53 Å². The lowest BCUT2D eigenvalue weighted by atomic mass is 10.0. The van der Waals surface area contributed by atoms with E-state index in [0.29, 0.717) is 53.6 Å². The molecule has 1 aliphatic rings. The first-order valence-electron chi connectivity index (χ1n) is 10.3. The summed E-state index contributed by atoms with van der Waals surface area (Å²) >= 11 is 0. The van der Waals surface area contributed by atoms with Crippen LogP contribution in [0, 0.1) is 0 Å². The van der Waals surface area contributed by atoms with Crippen molar-refractivity contribution in [3.63, 3.8) is 0 Å². The summed E-state index contributed by atoms with van der Waals surface area (Å²) in [6, 6.07) is 3.44. The average molecular weight is 435 g/mol. The SMILES string of the molecule is COCC(=O)N1CCC(n2c(=O)[nH]c(=O)c3cnc4ccc(-c5cn[nH]c5)nc4c32)CC1. The molecular weight excluding hydrogens is 414 g/mol. The Bertz CT molecular complexity index is 1420. The Kier molecular flexibility index (Phi) is 5.02. The number of likely N-dealkylation sites (tertiary alicyclic amines) is 1. The van der Waals surface area contributed by atoms with Crippen LogP contribution in [-0.4, -0.2) is 67.3 Å². The van der Waals surface area contributed by atoms with E-state index >= 15 is 0 Å². The van der Waals surface area contributed by atoms with Gasteiger partial charge in [-0.15, -0.1) is 0 Å². The minimum Gasteiger partial charge on any atom is -0.375 e. The van der Waals surface area contributed by atoms with Gasteiger partial charge in [-0.3, -0.25) is 29.2 Å². The molecule has 5 rings (SSSR count). The summed E-state index contributed by atoms with van der Waals surface area (Å²) in [5.74, 6) is -0.0781. The van der Waals surface area contributed by atoms with Crippen molar-refractivity contribution in [1.29, 1.82) is 0 Å². The largest absolute Gasteiger partial charge is 0.375 e. The molecular formula is C21H21N7O4. The molecule has 0 unspecified atom stereocenters. The fraction of sp³-hybridized carbons (Fsp3) is 0.333. The quantitative estimate of drug-likeness (QED) is 0.453. The Morgan fingerprint density at radius 1 is 1.22 bits per heavy atom. The van der Waals surface area contributed by atoms with Gasteiger partial charge in [0.25, 0.3) is 5.56 Å². The first-order chi connectivity index (χ1) is 15.6. The topological polar surface area (TPSA) is 139 Å². The number of rotatable bonds is 4. The zero-order chi connectivity index (χ0) is 22.2. The number of nitrogens with one attached hydrogen (secondary N) is 2. The molecule has 0 aromatic carbocycles. The molecule has 1 aliphatic heterocycles. The average Bonchev–Trinajstić information content (AvgIpc) is 3.34. The molecule has 0 saturated carbocycles. The lowest BCUT2D eigenvalue weighted by Crippen LogP contribution is -2.43. The van der Waals surface area contributed by atoms with E-state index in [4.69, 9.17) is 9.72 Å². The molecule has 0 radical (unpaired) electrons. The maximum atomic E-state index is 13.0. The fourth-order valence-corrected chi connectivity index (χ4v) is 4.28. The molecule has 0 aliphatic carbocycles. The number of nitrogens with zero attached hydrogens (tertiary/aromatic N) is 5. The van der Waals surface area contributed by atoms with Gasteiger partial charge >= 0.3 is 5.69 Å². The highest BCUT2D eigenvalue weighted by Gasteiger charge is 2.27. The van der Waals surface area contributed by atoms with Gasteiger partial charge in [-0.25, -0.2) is 9.78 Å². The molecule has 1 amide bonds. The Hall–Kier alpha value is -3.86. The third-order valence-electron chi connectivity index (χ3n) is 5.86. The van der Waals surface area contributed by atoms with E-state index in [-0.39, 0.29) is 18.6 Å². The van der Waals surface area contributed by atoms with Gasteiger partial charge in [0.15, 0.2) is 0 Å². The maximum Gasteiger partial charge on any atom is 0.329 e. The van der Waals surface area contributed by atoms with Crippen molar-refractivity contribution in [1.82, 2.24) is 34.6 Å². The molecule has 4 aromatic rings. The van der Waals surface area contributed by atoms with E-state index in [1.807, 2.05) is 12.1 Å². The second kappa shape index (κ2) is 8.00. The second-order valence-electron chi connectivity index (χ2n) is 7.75. The third kappa shape index (κ3) is 3.36. The van der Waals surface area contributed by atoms with Crippen LogP contribution < -0.4 is 11.2 Å². The van der Waals surface area contributed by atoms with Gasteiger partial charge in [0.1, 0.15) is 12.1 Å². The lowest BCUT2D eigenvalue weighted by molar-refractivity contribution is -0.136. The molecule has 2 N–H and O–H groups in total. The Morgan fingerprint density at radius 3 is 2.75 bits per heavy atom. The fourth-order valence-electron chi connectivity index (χ4n) is 4.28. The molecule has 1 fully saturated rings. The highest BCUT2D eigenvalue weighted by Crippen LogP contribution is 2.28. The standard InChI is InChI=1S/C21H21N7O4/c1-32-11-17(29)27-6-4-13(5-7-27)28-19-14(20(30)26-21(28)31)10-22-16-3-2-15(25-18(16)19)12-8-23-24-9-12/h2-3,8-10,13H,4-7,11H2,1H3,(H,23,24)(H,26,30,31). The van der Waals surface area contributed by atoms with E-state index in [9.17, 15) is 14.4 Å². The zero-order valence-corrected chi connectivity index (χ0v) is 17.4. The molecule has 0 spiro atoms. The minimum absolute atomic E-state index is 0.0310. The number of ether oxygens (including phenoxy) is 1. The highest BCUT2D eigenvalue weighted by molar-refractivity contribution is 6.01. The van der Waals surface area contributed by atoms with Gasteiger partial charge in [0.05, 0.1) is 28.3 Å². The van der Waals surface area contributed by atoms with Gasteiger partial charge in [-0.1, -0.05) is 0 Å². The summed E-state index contributed by atoms with van der Waals surface area (Å²) in [7, 11) is 1.49. The molecule has 11 nitrogen and oxygen atoms in total. The van der Waals surface area contributed by atoms with E-state index in [0.717, 1.165) is 5.56 Å². The number of aromatic nitrogens is 6. The summed E-state index contributed by atoms with van der Waals surface area (Å²) in [5, 5.41) is 7.02. The Morgan fingerprint density at radius 2 is 2.03 bits per heavy atom. The van der Waals surface area contributed by atoms with Crippen molar-refractivity contribution in [2.24, 2.45) is 0 Å². The van der Waals surface area contributed by atoms with Crippen molar-refractivity contribution in [2.75, 3.05) is 26.8 Å². The van der Waals surface area contributed by atoms with Crippen LogP contribution in [0.3, 0.4) is 0 Å². The summed E-state index contributed by atoms with van der Waals surface area (Å²) in [6.07, 6.45) is 5.99. The van der Waals surface area contributed by atoms with Crippen LogP contribution in [0.25, 0.3) is 33.2 Å². The summed E-state index contributed by atoms with van der Waals surface area (Å²) in [4.78, 5) is 51.0. The van der Waals surface area contributed by atoms with Gasteiger partial charge in [0.2, 0.25) is 5.91 Å². The number of pyridine rings is 2. The molecule has 5 heterocycles. The lowest BCUT2D eigenvalue weighted by Gasteiger charge is -2.33. The van der Waals surface area contributed by atoms with Crippen LogP contribution in [0.15, 0.2) is 40.3 Å². The van der Waals surface area contributed by atoms with Gasteiger partial charge < -0.3 is 9.64 Å². The predicted octanol–water partition coefficient (Wildman–Crippen LogP) is 0.833. The summed E-state index contributed by atoms with van der Waals surface area (Å²) in [6.45, 7) is 1.02. The number of piperidine rings is 1. The van der Waals surface area contributed by atoms with Crippen molar-refractivity contribution >= 4 is 27.8 Å². The molecule has 1 saturated heterocycles. The van der Waals surface area contributed by atoms with E-state index in [1.165, 1.54) is 13.3 Å². The highest BCUT2D eigenvalue weighted by atomic mass is 16.5. The summed E-state index contributed by atoms with van der Waals surface area (Å²) < 4.78 is 6.54. The first kappa shape index (κ1) is 20.1.